The van der Waals surface area contributed by atoms with E-state index in [-0.39, 0.29) is 0 Å². The number of nitrogens with zero attached hydrogens (tertiary/aromatic N) is 3. The monoisotopic (exact) mass is 241 g/mol. The summed E-state index contributed by atoms with van der Waals surface area (Å²) in [7, 11) is 0. The molecule has 0 aliphatic heterocycles. The Balaban J connectivity index is 2.02. The maximum Gasteiger partial charge on any atom is 0.118 e. The summed E-state index contributed by atoms with van der Waals surface area (Å²) >= 11 is 0. The number of furan rings is 1. The van der Waals surface area contributed by atoms with Gasteiger partial charge in [0, 0.05) is 12.7 Å². The quantitative estimate of drug-likeness (QED) is 0.755. The van der Waals surface area contributed by atoms with E-state index in [0.717, 1.165) is 17.2 Å². The van der Waals surface area contributed by atoms with Gasteiger partial charge in [0.05, 0.1) is 24.9 Å². The molecule has 4 heteroatoms. The highest BCUT2D eigenvalue weighted by molar-refractivity contribution is 5.07. The van der Waals surface area contributed by atoms with Crippen molar-refractivity contribution in [3.8, 4) is 6.07 Å². The minimum Gasteiger partial charge on any atom is -0.465 e. The fourth-order valence-electron chi connectivity index (χ4n) is 1.78. The molecule has 0 aliphatic carbocycles. The van der Waals surface area contributed by atoms with E-state index in [0.29, 0.717) is 19.6 Å². The first-order chi connectivity index (χ1) is 8.78. The summed E-state index contributed by atoms with van der Waals surface area (Å²) in [4.78, 5) is 6.27. The predicted molar refractivity (Wildman–Crippen MR) is 67.4 cm³/mol. The molecule has 0 saturated carbocycles. The predicted octanol–water partition coefficient (Wildman–Crippen LogP) is 2.51. The summed E-state index contributed by atoms with van der Waals surface area (Å²) in [6, 6.07) is 11.8. The van der Waals surface area contributed by atoms with Crippen LogP contribution in [0.2, 0.25) is 0 Å². The van der Waals surface area contributed by atoms with Crippen LogP contribution in [0.25, 0.3) is 0 Å². The molecule has 0 spiro atoms. The second kappa shape index (κ2) is 5.99. The van der Waals surface area contributed by atoms with E-state index in [1.54, 1.807) is 6.20 Å². The van der Waals surface area contributed by atoms with Crippen LogP contribution in [0.5, 0.6) is 0 Å². The SMILES string of the molecule is Cc1ccc(CN(CC#N)Cc2ccccn2)o1. The first kappa shape index (κ1) is 12.3. The molecule has 2 aromatic heterocycles. The van der Waals surface area contributed by atoms with Crippen molar-refractivity contribution in [3.05, 3.63) is 53.7 Å². The van der Waals surface area contributed by atoms with Gasteiger partial charge in [-0.3, -0.25) is 9.88 Å². The lowest BCUT2D eigenvalue weighted by Crippen LogP contribution is -2.23. The maximum absolute atomic E-state index is 8.86. The molecule has 92 valence electrons. The third kappa shape index (κ3) is 3.44. The van der Waals surface area contributed by atoms with E-state index in [1.807, 2.05) is 42.2 Å². The number of hydrogen-bond donors (Lipinski definition) is 0. The molecule has 0 aliphatic rings. The summed E-state index contributed by atoms with van der Waals surface area (Å²) in [5.74, 6) is 1.76. The summed E-state index contributed by atoms with van der Waals surface area (Å²) < 4.78 is 5.53. The number of nitriles is 1. The third-order valence-corrected chi connectivity index (χ3v) is 2.58. The number of aromatic nitrogens is 1. The van der Waals surface area contributed by atoms with E-state index in [1.165, 1.54) is 0 Å². The zero-order valence-electron chi connectivity index (χ0n) is 10.3. The van der Waals surface area contributed by atoms with E-state index in [4.69, 9.17) is 9.68 Å². The average Bonchev–Trinajstić information content (AvgIpc) is 2.76. The highest BCUT2D eigenvalue weighted by atomic mass is 16.3. The Morgan fingerprint density at radius 2 is 2.17 bits per heavy atom. The van der Waals surface area contributed by atoms with Crippen LogP contribution in [0.3, 0.4) is 0 Å². The Bertz CT molecular complexity index is 527. The minimum absolute atomic E-state index is 0.357. The molecule has 0 fully saturated rings. The van der Waals surface area contributed by atoms with E-state index >= 15 is 0 Å². The van der Waals surface area contributed by atoms with E-state index in [9.17, 15) is 0 Å². The summed E-state index contributed by atoms with van der Waals surface area (Å²) in [6.45, 7) is 3.54. The van der Waals surface area contributed by atoms with Gasteiger partial charge in [0.15, 0.2) is 0 Å². The summed E-state index contributed by atoms with van der Waals surface area (Å²) in [6.07, 6.45) is 1.76. The Morgan fingerprint density at radius 3 is 2.78 bits per heavy atom. The van der Waals surface area contributed by atoms with Crippen LogP contribution in [0.4, 0.5) is 0 Å². The van der Waals surface area contributed by atoms with Gasteiger partial charge in [-0.25, -0.2) is 0 Å². The van der Waals surface area contributed by atoms with Crippen LogP contribution in [-0.4, -0.2) is 16.4 Å². The van der Waals surface area contributed by atoms with Crippen molar-refractivity contribution in [2.45, 2.75) is 20.0 Å². The van der Waals surface area contributed by atoms with Gasteiger partial charge in [-0.15, -0.1) is 0 Å². The second-order valence-corrected chi connectivity index (χ2v) is 4.14. The number of aryl methyl sites for hydroxylation is 1. The van der Waals surface area contributed by atoms with Crippen LogP contribution in [-0.2, 0) is 13.1 Å². The van der Waals surface area contributed by atoms with Crippen LogP contribution in [0, 0.1) is 18.3 Å². The van der Waals surface area contributed by atoms with Crippen molar-refractivity contribution in [3.63, 3.8) is 0 Å². The smallest absolute Gasteiger partial charge is 0.118 e. The average molecular weight is 241 g/mol. The molecule has 2 aromatic rings. The van der Waals surface area contributed by atoms with Gasteiger partial charge in [-0.2, -0.15) is 5.26 Å². The fraction of sp³-hybridized carbons (Fsp3) is 0.286. The highest BCUT2D eigenvalue weighted by Crippen LogP contribution is 2.11. The second-order valence-electron chi connectivity index (χ2n) is 4.14. The zero-order valence-corrected chi connectivity index (χ0v) is 10.3. The molecule has 0 aromatic carbocycles. The largest absolute Gasteiger partial charge is 0.465 e. The lowest BCUT2D eigenvalue weighted by molar-refractivity contribution is 0.258. The molecule has 2 rings (SSSR count). The lowest BCUT2D eigenvalue weighted by atomic mass is 10.3. The molecule has 0 bridgehead atoms. The molecular formula is C14H15N3O. The van der Waals surface area contributed by atoms with E-state index in [2.05, 4.69) is 11.1 Å². The topological polar surface area (TPSA) is 53.1 Å². The lowest BCUT2D eigenvalue weighted by Gasteiger charge is -2.16. The first-order valence-electron chi connectivity index (χ1n) is 5.82. The number of hydrogen-bond acceptors (Lipinski definition) is 4. The molecular weight excluding hydrogens is 226 g/mol. The van der Waals surface area contributed by atoms with Gasteiger partial charge in [0.2, 0.25) is 0 Å². The van der Waals surface area contributed by atoms with Gasteiger partial charge in [0.25, 0.3) is 0 Å². The molecule has 2 heterocycles. The van der Waals surface area contributed by atoms with Gasteiger partial charge < -0.3 is 4.42 Å². The van der Waals surface area contributed by atoms with Crippen molar-refractivity contribution < 1.29 is 4.42 Å². The first-order valence-corrected chi connectivity index (χ1v) is 5.82. The standard InChI is InChI=1S/C14H15N3O/c1-12-5-6-14(18-12)11-17(9-7-15)10-13-4-2-3-8-16-13/h2-6,8H,9-11H2,1H3. The third-order valence-electron chi connectivity index (χ3n) is 2.58. The van der Waals surface area contributed by atoms with Crippen molar-refractivity contribution >= 4 is 0 Å². The zero-order chi connectivity index (χ0) is 12.8. The van der Waals surface area contributed by atoms with Crippen molar-refractivity contribution in [2.75, 3.05) is 6.54 Å². The van der Waals surface area contributed by atoms with Gasteiger partial charge >= 0.3 is 0 Å². The number of rotatable bonds is 5. The van der Waals surface area contributed by atoms with E-state index < -0.39 is 0 Å². The maximum atomic E-state index is 8.86. The summed E-state index contributed by atoms with van der Waals surface area (Å²) in [5.41, 5.74) is 0.955. The molecule has 0 radical (unpaired) electrons. The Labute approximate surface area is 106 Å². The van der Waals surface area contributed by atoms with Crippen LogP contribution in [0.15, 0.2) is 40.9 Å². The van der Waals surface area contributed by atoms with Gasteiger partial charge in [-0.05, 0) is 31.2 Å². The molecule has 18 heavy (non-hydrogen) atoms. The Morgan fingerprint density at radius 1 is 1.28 bits per heavy atom. The van der Waals surface area contributed by atoms with Crippen LogP contribution in [0.1, 0.15) is 17.2 Å². The van der Waals surface area contributed by atoms with Crippen molar-refractivity contribution in [1.82, 2.24) is 9.88 Å². The van der Waals surface area contributed by atoms with Crippen molar-refractivity contribution in [1.29, 1.82) is 5.26 Å². The molecule has 0 atom stereocenters. The molecule has 0 unspecified atom stereocenters. The fourth-order valence-corrected chi connectivity index (χ4v) is 1.78. The Kier molecular flexibility index (Phi) is 4.11. The summed E-state index contributed by atoms with van der Waals surface area (Å²) in [5, 5.41) is 8.86. The van der Waals surface area contributed by atoms with Crippen LogP contribution < -0.4 is 0 Å². The minimum atomic E-state index is 0.357. The molecule has 0 saturated heterocycles. The number of pyridine rings is 1. The van der Waals surface area contributed by atoms with Crippen molar-refractivity contribution in [2.24, 2.45) is 0 Å². The molecule has 4 nitrogen and oxygen atoms in total. The van der Waals surface area contributed by atoms with Crippen LogP contribution >= 0.6 is 0 Å². The normalized spacial score (nSPS) is 10.5. The molecule has 0 N–H and O–H groups in total. The van der Waals surface area contributed by atoms with Gasteiger partial charge in [0.1, 0.15) is 11.5 Å². The molecule has 0 amide bonds. The Hall–Kier alpha value is -2.12. The highest BCUT2D eigenvalue weighted by Gasteiger charge is 2.09. The van der Waals surface area contributed by atoms with Gasteiger partial charge in [-0.1, -0.05) is 6.07 Å².